The minimum Gasteiger partial charge on any atom is -0.479 e. The molecule has 4 nitrogen and oxygen atoms in total. The number of rotatable bonds is 3. The van der Waals surface area contributed by atoms with Crippen LogP contribution in [0.25, 0.3) is 0 Å². The zero-order valence-corrected chi connectivity index (χ0v) is 12.3. The lowest BCUT2D eigenvalue weighted by molar-refractivity contribution is -0.164. The first-order valence-corrected chi connectivity index (χ1v) is 7.86. The van der Waals surface area contributed by atoms with E-state index in [1.807, 2.05) is 0 Å². The molecule has 2 N–H and O–H groups in total. The Morgan fingerprint density at radius 3 is 2.71 bits per heavy atom. The Hall–Kier alpha value is -1.39. The number of piperidine rings is 1. The van der Waals surface area contributed by atoms with Crippen molar-refractivity contribution in [1.82, 2.24) is 4.90 Å². The van der Waals surface area contributed by atoms with Gasteiger partial charge in [0.05, 0.1) is 0 Å². The van der Waals surface area contributed by atoms with Crippen molar-refractivity contribution in [1.29, 1.82) is 0 Å². The zero-order valence-electron chi connectivity index (χ0n) is 12.3. The summed E-state index contributed by atoms with van der Waals surface area (Å²) in [4.78, 5) is 13.2. The molecule has 0 aromatic heterocycles. The van der Waals surface area contributed by atoms with Gasteiger partial charge in [0.2, 0.25) is 0 Å². The number of fused-ring (bicyclic) bond motifs is 1. The fourth-order valence-corrected chi connectivity index (χ4v) is 3.58. The first kappa shape index (κ1) is 14.5. The van der Waals surface area contributed by atoms with Crippen LogP contribution in [-0.2, 0) is 24.2 Å². The van der Waals surface area contributed by atoms with Crippen molar-refractivity contribution in [3.05, 3.63) is 34.9 Å². The van der Waals surface area contributed by atoms with Gasteiger partial charge in [-0.25, -0.2) is 4.79 Å². The third kappa shape index (κ3) is 3.11. The summed E-state index contributed by atoms with van der Waals surface area (Å²) in [6.45, 7) is 1.80. The van der Waals surface area contributed by atoms with Crippen molar-refractivity contribution < 1.29 is 15.0 Å². The second-order valence-electron chi connectivity index (χ2n) is 6.46. The molecule has 1 fully saturated rings. The molecule has 2 aliphatic rings. The van der Waals surface area contributed by atoms with Crippen LogP contribution in [0, 0.1) is 0 Å². The Morgan fingerprint density at radius 2 is 1.95 bits per heavy atom. The van der Waals surface area contributed by atoms with Crippen molar-refractivity contribution in [2.45, 2.75) is 50.7 Å². The summed E-state index contributed by atoms with van der Waals surface area (Å²) in [6.07, 6.45) is 5.96. The number of benzene rings is 1. The highest BCUT2D eigenvalue weighted by Crippen LogP contribution is 2.25. The van der Waals surface area contributed by atoms with Crippen LogP contribution in [0.1, 0.15) is 42.4 Å². The summed E-state index contributed by atoms with van der Waals surface area (Å²) in [6, 6.07) is 6.64. The van der Waals surface area contributed by atoms with Gasteiger partial charge in [0.15, 0.2) is 5.60 Å². The number of hydrogen-bond acceptors (Lipinski definition) is 3. The van der Waals surface area contributed by atoms with E-state index in [9.17, 15) is 9.90 Å². The monoisotopic (exact) mass is 289 g/mol. The van der Waals surface area contributed by atoms with E-state index in [2.05, 4.69) is 23.1 Å². The van der Waals surface area contributed by atoms with E-state index >= 15 is 0 Å². The quantitative estimate of drug-likeness (QED) is 0.893. The van der Waals surface area contributed by atoms with E-state index in [4.69, 9.17) is 5.11 Å². The lowest BCUT2D eigenvalue weighted by atomic mass is 9.89. The average Bonchev–Trinajstić information content (AvgIpc) is 2.47. The Labute approximate surface area is 125 Å². The van der Waals surface area contributed by atoms with Crippen molar-refractivity contribution in [3.63, 3.8) is 0 Å². The number of hydrogen-bond donors (Lipinski definition) is 2. The van der Waals surface area contributed by atoms with E-state index in [0.29, 0.717) is 6.42 Å². The third-order valence-electron chi connectivity index (χ3n) is 4.77. The number of likely N-dealkylation sites (tertiary alicyclic amines) is 1. The number of carbonyl (C=O) groups is 1. The fraction of sp³-hybridized carbons (Fsp3) is 0.588. The van der Waals surface area contributed by atoms with Gasteiger partial charge in [0.1, 0.15) is 0 Å². The minimum atomic E-state index is -1.58. The number of aliphatic carboxylic acids is 1. The molecule has 4 heteroatoms. The third-order valence-corrected chi connectivity index (χ3v) is 4.77. The van der Waals surface area contributed by atoms with Gasteiger partial charge in [-0.1, -0.05) is 18.2 Å². The van der Waals surface area contributed by atoms with Gasteiger partial charge < -0.3 is 10.2 Å². The molecule has 1 atom stereocenters. The molecular weight excluding hydrogens is 266 g/mol. The van der Waals surface area contributed by atoms with Gasteiger partial charge in [-0.2, -0.15) is 0 Å². The van der Waals surface area contributed by atoms with Gasteiger partial charge >= 0.3 is 5.97 Å². The van der Waals surface area contributed by atoms with E-state index < -0.39 is 11.6 Å². The second kappa shape index (κ2) is 5.78. The number of β-amino-alcohol motifs (C(OH)–C–C–N with tert-alkyl or cyclic N) is 1. The average molecular weight is 289 g/mol. The predicted molar refractivity (Wildman–Crippen MR) is 80.2 cm³/mol. The normalized spacial score (nSPS) is 26.3. The largest absolute Gasteiger partial charge is 0.479 e. The molecular formula is C17H23NO3. The topological polar surface area (TPSA) is 60.8 Å². The maximum Gasteiger partial charge on any atom is 0.337 e. The number of carboxylic acids is 1. The number of aryl methyl sites for hydroxylation is 2. The first-order valence-electron chi connectivity index (χ1n) is 7.86. The van der Waals surface area contributed by atoms with E-state index in [0.717, 1.165) is 25.9 Å². The van der Waals surface area contributed by atoms with E-state index in [-0.39, 0.29) is 6.54 Å². The predicted octanol–water partition coefficient (Wildman–Crippen LogP) is 1.98. The summed E-state index contributed by atoms with van der Waals surface area (Å²) in [7, 11) is 0. The van der Waals surface area contributed by atoms with Crippen molar-refractivity contribution in [2.75, 3.05) is 13.1 Å². The van der Waals surface area contributed by atoms with E-state index in [1.54, 1.807) is 0 Å². The van der Waals surface area contributed by atoms with Gasteiger partial charge in [-0.15, -0.1) is 0 Å². The minimum absolute atomic E-state index is 0.222. The lowest BCUT2D eigenvalue weighted by Crippen LogP contribution is -2.52. The Bertz CT molecular complexity index is 543. The molecule has 1 saturated heterocycles. The standard InChI is InChI=1S/C17H23NO3/c19-16(20)17(21)8-3-9-18(12-17)11-13-6-7-14-4-1-2-5-15(14)10-13/h6-7,10,21H,1-5,8-9,11-12H2,(H,19,20). The van der Waals surface area contributed by atoms with Gasteiger partial charge in [-0.05, 0) is 61.8 Å². The summed E-state index contributed by atoms with van der Waals surface area (Å²) in [5.41, 5.74) is 2.56. The second-order valence-corrected chi connectivity index (χ2v) is 6.46. The molecule has 1 aliphatic carbocycles. The van der Waals surface area contributed by atoms with Crippen LogP contribution in [0.4, 0.5) is 0 Å². The Kier molecular flexibility index (Phi) is 4.00. The van der Waals surface area contributed by atoms with Crippen LogP contribution in [0.3, 0.4) is 0 Å². The van der Waals surface area contributed by atoms with Crippen LogP contribution in [0.5, 0.6) is 0 Å². The molecule has 0 radical (unpaired) electrons. The molecule has 1 heterocycles. The van der Waals surface area contributed by atoms with Crippen molar-refractivity contribution in [3.8, 4) is 0 Å². The number of nitrogens with zero attached hydrogens (tertiary/aromatic N) is 1. The van der Waals surface area contributed by atoms with Gasteiger partial charge in [0, 0.05) is 13.1 Å². The molecule has 1 unspecified atom stereocenters. The van der Waals surface area contributed by atoms with Crippen LogP contribution < -0.4 is 0 Å². The number of carboxylic acid groups (broad SMARTS) is 1. The summed E-state index contributed by atoms with van der Waals surface area (Å²) in [5, 5.41) is 19.3. The highest BCUT2D eigenvalue weighted by molar-refractivity contribution is 5.77. The lowest BCUT2D eigenvalue weighted by Gasteiger charge is -2.36. The smallest absolute Gasteiger partial charge is 0.337 e. The molecule has 0 amide bonds. The molecule has 114 valence electrons. The molecule has 0 saturated carbocycles. The van der Waals surface area contributed by atoms with Gasteiger partial charge in [0.25, 0.3) is 0 Å². The maximum atomic E-state index is 11.2. The molecule has 3 rings (SSSR count). The van der Waals surface area contributed by atoms with Crippen LogP contribution >= 0.6 is 0 Å². The highest BCUT2D eigenvalue weighted by Gasteiger charge is 2.40. The fourth-order valence-electron chi connectivity index (χ4n) is 3.58. The zero-order chi connectivity index (χ0) is 14.9. The molecule has 1 aromatic carbocycles. The molecule has 21 heavy (non-hydrogen) atoms. The molecule has 0 bridgehead atoms. The number of aliphatic hydroxyl groups is 1. The van der Waals surface area contributed by atoms with Gasteiger partial charge in [-0.3, -0.25) is 4.90 Å². The van der Waals surface area contributed by atoms with Crippen molar-refractivity contribution in [2.24, 2.45) is 0 Å². The summed E-state index contributed by atoms with van der Waals surface area (Å²) in [5.74, 6) is -1.10. The SMILES string of the molecule is O=C(O)C1(O)CCCN(Cc2ccc3c(c2)CCCC3)C1. The molecule has 1 aliphatic heterocycles. The molecule has 1 aromatic rings. The van der Waals surface area contributed by atoms with E-state index in [1.165, 1.54) is 36.0 Å². The highest BCUT2D eigenvalue weighted by atomic mass is 16.4. The van der Waals surface area contributed by atoms with Crippen molar-refractivity contribution >= 4 is 5.97 Å². The van der Waals surface area contributed by atoms with Crippen LogP contribution in [0.15, 0.2) is 18.2 Å². The Morgan fingerprint density at radius 1 is 1.19 bits per heavy atom. The Balaban J connectivity index is 1.70. The summed E-state index contributed by atoms with van der Waals surface area (Å²) >= 11 is 0. The first-order chi connectivity index (χ1) is 10.1. The van der Waals surface area contributed by atoms with Crippen LogP contribution in [0.2, 0.25) is 0 Å². The summed E-state index contributed by atoms with van der Waals surface area (Å²) < 4.78 is 0. The molecule has 0 spiro atoms. The van der Waals surface area contributed by atoms with Crippen LogP contribution in [-0.4, -0.2) is 39.8 Å². The maximum absolute atomic E-state index is 11.2.